The van der Waals surface area contributed by atoms with Crippen LogP contribution >= 0.6 is 34.7 Å². The number of hydrogen-bond donors (Lipinski definition) is 2. The third kappa shape index (κ3) is 5.18. The zero-order valence-corrected chi connectivity index (χ0v) is 22.8. The number of nitriles is 1. The number of anilines is 2. The Kier molecular flexibility index (Phi) is 7.51. The second-order valence-electron chi connectivity index (χ2n) is 8.92. The van der Waals surface area contributed by atoms with Gasteiger partial charge >= 0.3 is 0 Å². The lowest BCUT2D eigenvalue weighted by molar-refractivity contribution is -0.116. The van der Waals surface area contributed by atoms with Crippen molar-refractivity contribution < 1.29 is 9.59 Å². The molecule has 3 N–H and O–H groups in total. The number of hydrogen-bond acceptors (Lipinski definition) is 9. The minimum atomic E-state index is -0.566. The van der Waals surface area contributed by atoms with Gasteiger partial charge in [-0.3, -0.25) is 14.5 Å². The van der Waals surface area contributed by atoms with Gasteiger partial charge in [0.25, 0.3) is 0 Å². The molecule has 2 aliphatic rings. The van der Waals surface area contributed by atoms with E-state index in [9.17, 15) is 14.9 Å². The lowest BCUT2D eigenvalue weighted by atomic mass is 9.76. The second kappa shape index (κ2) is 11.0. The number of nitrogens with zero attached hydrogens (tertiary/aromatic N) is 4. The number of amides is 1. The highest BCUT2D eigenvalue weighted by molar-refractivity contribution is 8.01. The fraction of sp³-hybridized carbons (Fsp3) is 0.222. The highest BCUT2D eigenvalue weighted by Gasteiger charge is 2.41. The summed E-state index contributed by atoms with van der Waals surface area (Å²) in [5.41, 5.74) is 10.7. The fourth-order valence-corrected chi connectivity index (χ4v) is 6.50. The van der Waals surface area contributed by atoms with Gasteiger partial charge in [-0.1, -0.05) is 59.0 Å². The van der Waals surface area contributed by atoms with Crippen molar-refractivity contribution in [1.82, 2.24) is 10.2 Å². The smallest absolute Gasteiger partial charge is 0.234 e. The Labute approximate surface area is 233 Å². The number of nitrogens with one attached hydrogen (secondary N) is 1. The normalized spacial score (nSPS) is 17.3. The molecular formula is C27H23ClN6O2S2. The first kappa shape index (κ1) is 26.0. The zero-order chi connectivity index (χ0) is 26.8. The van der Waals surface area contributed by atoms with Gasteiger partial charge in [-0.05, 0) is 55.2 Å². The summed E-state index contributed by atoms with van der Waals surface area (Å²) in [7, 11) is 0. The van der Waals surface area contributed by atoms with E-state index in [0.717, 1.165) is 22.5 Å². The van der Waals surface area contributed by atoms with Crippen molar-refractivity contribution in [3.8, 4) is 6.07 Å². The number of rotatable bonds is 6. The first-order valence-electron chi connectivity index (χ1n) is 11.9. The van der Waals surface area contributed by atoms with Crippen LogP contribution in [-0.4, -0.2) is 27.6 Å². The van der Waals surface area contributed by atoms with E-state index >= 15 is 0 Å². The molecule has 0 fully saturated rings. The summed E-state index contributed by atoms with van der Waals surface area (Å²) >= 11 is 8.61. The predicted molar refractivity (Wildman–Crippen MR) is 150 cm³/mol. The van der Waals surface area contributed by atoms with Gasteiger partial charge in [-0.15, -0.1) is 10.2 Å². The Balaban J connectivity index is 1.42. The number of aromatic nitrogens is 2. The van der Waals surface area contributed by atoms with E-state index in [0.29, 0.717) is 39.3 Å². The Morgan fingerprint density at radius 1 is 1.26 bits per heavy atom. The summed E-state index contributed by atoms with van der Waals surface area (Å²) in [5.74, 6) is -0.352. The van der Waals surface area contributed by atoms with Gasteiger partial charge < -0.3 is 11.1 Å². The number of benzene rings is 2. The van der Waals surface area contributed by atoms with E-state index in [4.69, 9.17) is 17.3 Å². The molecule has 0 saturated carbocycles. The molecule has 1 aliphatic heterocycles. The number of Topliss-reactive ketones (excluding diaryl/α,β-unsaturated/α-hetero) is 1. The number of nitrogens with two attached hydrogens (primary N) is 1. The van der Waals surface area contributed by atoms with Crippen LogP contribution in [0.3, 0.4) is 0 Å². The van der Waals surface area contributed by atoms with Crippen molar-refractivity contribution in [1.29, 1.82) is 5.26 Å². The zero-order valence-electron chi connectivity index (χ0n) is 20.4. The molecule has 38 heavy (non-hydrogen) atoms. The molecule has 1 unspecified atom stereocenters. The van der Waals surface area contributed by atoms with Gasteiger partial charge in [-0.2, -0.15) is 5.26 Å². The lowest BCUT2D eigenvalue weighted by Gasteiger charge is -2.38. The van der Waals surface area contributed by atoms with E-state index in [1.54, 1.807) is 17.0 Å². The highest BCUT2D eigenvalue weighted by atomic mass is 35.5. The minimum Gasteiger partial charge on any atom is -0.384 e. The molecule has 0 radical (unpaired) electrons. The van der Waals surface area contributed by atoms with Gasteiger partial charge in [0.15, 0.2) is 10.1 Å². The first-order chi connectivity index (χ1) is 18.4. The van der Waals surface area contributed by atoms with Crippen LogP contribution < -0.4 is 16.0 Å². The number of ketones is 1. The monoisotopic (exact) mass is 562 g/mol. The minimum absolute atomic E-state index is 0.0108. The van der Waals surface area contributed by atoms with Crippen LogP contribution in [0.4, 0.5) is 10.8 Å². The molecular weight excluding hydrogens is 540 g/mol. The summed E-state index contributed by atoms with van der Waals surface area (Å²) in [4.78, 5) is 27.4. The Hall–Kier alpha value is -3.65. The van der Waals surface area contributed by atoms with Gasteiger partial charge in [0.2, 0.25) is 11.0 Å². The van der Waals surface area contributed by atoms with Crippen LogP contribution in [0.5, 0.6) is 0 Å². The number of carbonyl (C=O) groups is 2. The van der Waals surface area contributed by atoms with Crippen molar-refractivity contribution in [3.63, 3.8) is 0 Å². The number of allylic oxidation sites excluding steroid dienone is 3. The number of carbonyl (C=O) groups excluding carboxylic acids is 2. The van der Waals surface area contributed by atoms with Crippen LogP contribution in [0.1, 0.15) is 36.3 Å². The summed E-state index contributed by atoms with van der Waals surface area (Å²) in [6, 6.07) is 16.9. The van der Waals surface area contributed by atoms with Crippen LogP contribution in [-0.2, 0) is 9.59 Å². The van der Waals surface area contributed by atoms with Crippen LogP contribution in [0.2, 0.25) is 5.02 Å². The highest BCUT2D eigenvalue weighted by Crippen LogP contribution is 2.47. The average molecular weight is 563 g/mol. The fourth-order valence-electron chi connectivity index (χ4n) is 4.69. The van der Waals surface area contributed by atoms with Crippen molar-refractivity contribution in [3.05, 3.63) is 87.3 Å². The molecule has 0 spiro atoms. The third-order valence-corrected chi connectivity index (χ3v) is 8.63. The standard InChI is InChI=1S/C27H23ClN6O2S2/c1-15-4-2-5-18(12-15)31-22(36)14-37-27-33-32-26(38-27)34-20-6-3-7-21(35)24(20)23(19(13-29)25(34)30)16-8-10-17(28)11-9-16/h2,4-5,8-12,23H,3,6-7,14,30H2,1H3,(H,31,36). The van der Waals surface area contributed by atoms with Crippen molar-refractivity contribution in [2.24, 2.45) is 5.73 Å². The van der Waals surface area contributed by atoms with E-state index in [-0.39, 0.29) is 28.8 Å². The van der Waals surface area contributed by atoms with Crippen molar-refractivity contribution in [2.45, 2.75) is 36.4 Å². The van der Waals surface area contributed by atoms with Gasteiger partial charge in [0, 0.05) is 28.4 Å². The van der Waals surface area contributed by atoms with E-state index < -0.39 is 5.92 Å². The van der Waals surface area contributed by atoms with E-state index in [1.165, 1.54) is 23.1 Å². The molecule has 3 aromatic rings. The molecule has 192 valence electrons. The molecule has 5 rings (SSSR count). The van der Waals surface area contributed by atoms with Crippen molar-refractivity contribution in [2.75, 3.05) is 16.0 Å². The Morgan fingerprint density at radius 3 is 2.79 bits per heavy atom. The number of thioether (sulfide) groups is 1. The third-order valence-electron chi connectivity index (χ3n) is 6.33. The molecule has 0 saturated heterocycles. The maximum Gasteiger partial charge on any atom is 0.234 e. The second-order valence-corrected chi connectivity index (χ2v) is 11.5. The Bertz CT molecular complexity index is 1520. The van der Waals surface area contributed by atoms with Crippen LogP contribution in [0.15, 0.2) is 75.5 Å². The molecule has 2 aromatic carbocycles. The lowest BCUT2D eigenvalue weighted by Crippen LogP contribution is -2.38. The molecule has 8 nitrogen and oxygen atoms in total. The van der Waals surface area contributed by atoms with Crippen molar-refractivity contribution >= 4 is 57.2 Å². The maximum atomic E-state index is 13.2. The Morgan fingerprint density at radius 2 is 2.05 bits per heavy atom. The van der Waals surface area contributed by atoms with E-state index in [1.807, 2.05) is 43.3 Å². The SMILES string of the molecule is Cc1cccc(NC(=O)CSc2nnc(N3C(N)=C(C#N)C(c4ccc(Cl)cc4)C4=C3CCCC4=O)s2)c1. The number of aryl methyl sites for hydroxylation is 1. The summed E-state index contributed by atoms with van der Waals surface area (Å²) in [6.45, 7) is 1.96. The molecule has 11 heteroatoms. The number of halogens is 1. The predicted octanol–water partition coefficient (Wildman–Crippen LogP) is 5.54. The quantitative estimate of drug-likeness (QED) is 0.375. The van der Waals surface area contributed by atoms with Gasteiger partial charge in [-0.25, -0.2) is 0 Å². The first-order valence-corrected chi connectivity index (χ1v) is 14.1. The molecule has 1 aromatic heterocycles. The average Bonchev–Trinajstić information content (AvgIpc) is 3.36. The van der Waals surface area contributed by atoms with E-state index in [2.05, 4.69) is 21.6 Å². The summed E-state index contributed by atoms with van der Waals surface area (Å²) in [5, 5.41) is 22.6. The largest absolute Gasteiger partial charge is 0.384 e. The molecule has 1 atom stereocenters. The van der Waals surface area contributed by atoms with Crippen LogP contribution in [0, 0.1) is 18.3 Å². The topological polar surface area (TPSA) is 125 Å². The summed E-state index contributed by atoms with van der Waals surface area (Å²) < 4.78 is 0.579. The van der Waals surface area contributed by atoms with Crippen LogP contribution in [0.25, 0.3) is 0 Å². The van der Waals surface area contributed by atoms with Gasteiger partial charge in [0.1, 0.15) is 5.82 Å². The molecule has 2 heterocycles. The molecule has 1 amide bonds. The maximum absolute atomic E-state index is 13.2. The van der Waals surface area contributed by atoms with Gasteiger partial charge in [0.05, 0.1) is 23.3 Å². The molecule has 0 bridgehead atoms. The molecule has 1 aliphatic carbocycles. The summed E-state index contributed by atoms with van der Waals surface area (Å²) in [6.07, 6.45) is 1.70.